The molecule has 0 saturated carbocycles. The number of aryl methyl sites for hydroxylation is 4. The van der Waals surface area contributed by atoms with Crippen LogP contribution in [0.2, 0.25) is 0 Å². The van der Waals surface area contributed by atoms with Crippen LogP contribution < -0.4 is 4.72 Å². The number of aromatic amines is 1. The standard InChI is InChI=1S/C11H17N5O2S/c1-5-9-10(6-16(4)14-9)15-19(17,18)11-7(2)12-13-8(11)3/h6,15H,5H2,1-4H3,(H,12,13). The summed E-state index contributed by atoms with van der Waals surface area (Å²) in [5.74, 6) is 0. The van der Waals surface area contributed by atoms with E-state index in [-0.39, 0.29) is 4.90 Å². The van der Waals surface area contributed by atoms with Crippen molar-refractivity contribution in [3.63, 3.8) is 0 Å². The molecular formula is C11H17N5O2S. The largest absolute Gasteiger partial charge is 0.281 e. The second-order valence-corrected chi connectivity index (χ2v) is 6.00. The first kappa shape index (κ1) is 13.6. The van der Waals surface area contributed by atoms with Crippen molar-refractivity contribution in [1.29, 1.82) is 0 Å². The summed E-state index contributed by atoms with van der Waals surface area (Å²) in [5.41, 5.74) is 2.19. The Morgan fingerprint density at radius 1 is 1.42 bits per heavy atom. The fourth-order valence-corrected chi connectivity index (χ4v) is 3.46. The first-order valence-electron chi connectivity index (χ1n) is 5.92. The van der Waals surface area contributed by atoms with E-state index in [1.807, 2.05) is 6.92 Å². The number of hydrogen-bond acceptors (Lipinski definition) is 4. The van der Waals surface area contributed by atoms with Gasteiger partial charge in [-0.25, -0.2) is 8.42 Å². The number of H-pyrrole nitrogens is 1. The Morgan fingerprint density at radius 3 is 2.63 bits per heavy atom. The van der Waals surface area contributed by atoms with E-state index in [1.165, 1.54) is 0 Å². The molecule has 0 bridgehead atoms. The van der Waals surface area contributed by atoms with Gasteiger partial charge in [0, 0.05) is 13.2 Å². The highest BCUT2D eigenvalue weighted by atomic mass is 32.2. The highest BCUT2D eigenvalue weighted by molar-refractivity contribution is 7.92. The van der Waals surface area contributed by atoms with Crippen LogP contribution in [0.15, 0.2) is 11.1 Å². The van der Waals surface area contributed by atoms with E-state index in [9.17, 15) is 8.42 Å². The minimum atomic E-state index is -3.65. The van der Waals surface area contributed by atoms with Crippen LogP contribution in [0.25, 0.3) is 0 Å². The summed E-state index contributed by atoms with van der Waals surface area (Å²) in [6, 6.07) is 0. The number of rotatable bonds is 4. The molecule has 0 fully saturated rings. The van der Waals surface area contributed by atoms with Gasteiger partial charge in [0.2, 0.25) is 0 Å². The van der Waals surface area contributed by atoms with Gasteiger partial charge in [0.05, 0.1) is 22.8 Å². The van der Waals surface area contributed by atoms with Gasteiger partial charge in [-0.2, -0.15) is 10.2 Å². The van der Waals surface area contributed by atoms with Crippen molar-refractivity contribution in [2.45, 2.75) is 32.1 Å². The molecule has 104 valence electrons. The molecule has 0 aromatic carbocycles. The van der Waals surface area contributed by atoms with Crippen LogP contribution >= 0.6 is 0 Å². The maximum atomic E-state index is 12.4. The van der Waals surface area contributed by atoms with Gasteiger partial charge in [0.1, 0.15) is 4.90 Å². The number of aromatic nitrogens is 4. The van der Waals surface area contributed by atoms with Crippen LogP contribution in [-0.4, -0.2) is 28.4 Å². The molecule has 2 heterocycles. The molecule has 0 aliphatic carbocycles. The van der Waals surface area contributed by atoms with E-state index in [0.717, 1.165) is 0 Å². The van der Waals surface area contributed by atoms with Gasteiger partial charge in [-0.15, -0.1) is 0 Å². The van der Waals surface area contributed by atoms with Crippen molar-refractivity contribution < 1.29 is 8.42 Å². The smallest absolute Gasteiger partial charge is 0.265 e. The monoisotopic (exact) mass is 283 g/mol. The first-order valence-corrected chi connectivity index (χ1v) is 7.40. The third-order valence-electron chi connectivity index (χ3n) is 2.81. The second kappa shape index (κ2) is 4.69. The first-order chi connectivity index (χ1) is 8.85. The fourth-order valence-electron chi connectivity index (χ4n) is 2.01. The lowest BCUT2D eigenvalue weighted by atomic mass is 10.3. The Hall–Kier alpha value is -1.83. The normalized spacial score (nSPS) is 11.8. The van der Waals surface area contributed by atoms with Gasteiger partial charge in [-0.3, -0.25) is 14.5 Å². The predicted octanol–water partition coefficient (Wildman–Crippen LogP) is 1.12. The van der Waals surface area contributed by atoms with E-state index in [1.54, 1.807) is 31.8 Å². The van der Waals surface area contributed by atoms with Crippen LogP contribution in [0.5, 0.6) is 0 Å². The van der Waals surface area contributed by atoms with Gasteiger partial charge in [-0.05, 0) is 20.3 Å². The van der Waals surface area contributed by atoms with Gasteiger partial charge in [0.25, 0.3) is 10.0 Å². The van der Waals surface area contributed by atoms with Gasteiger partial charge < -0.3 is 0 Å². The summed E-state index contributed by atoms with van der Waals surface area (Å²) in [7, 11) is -1.89. The number of nitrogens with zero attached hydrogens (tertiary/aromatic N) is 3. The maximum Gasteiger partial charge on any atom is 0.265 e. The molecule has 0 aliphatic rings. The molecule has 0 radical (unpaired) electrons. The molecule has 8 heteroatoms. The van der Waals surface area contributed by atoms with Crippen LogP contribution in [0.3, 0.4) is 0 Å². The number of anilines is 1. The quantitative estimate of drug-likeness (QED) is 0.879. The molecule has 2 rings (SSSR count). The third kappa shape index (κ3) is 2.48. The van der Waals surface area contributed by atoms with E-state index in [4.69, 9.17) is 0 Å². The van der Waals surface area contributed by atoms with E-state index in [2.05, 4.69) is 20.0 Å². The minimum absolute atomic E-state index is 0.193. The average molecular weight is 283 g/mol. The van der Waals surface area contributed by atoms with Gasteiger partial charge in [0.15, 0.2) is 0 Å². The molecule has 0 aliphatic heterocycles. The fraction of sp³-hybridized carbons (Fsp3) is 0.455. The van der Waals surface area contributed by atoms with Crippen molar-refractivity contribution in [3.8, 4) is 0 Å². The zero-order chi connectivity index (χ0) is 14.2. The predicted molar refractivity (Wildman–Crippen MR) is 71.5 cm³/mol. The van der Waals surface area contributed by atoms with Crippen LogP contribution in [0.4, 0.5) is 5.69 Å². The van der Waals surface area contributed by atoms with Gasteiger partial charge >= 0.3 is 0 Å². The lowest BCUT2D eigenvalue weighted by Gasteiger charge is -2.07. The molecule has 2 N–H and O–H groups in total. The molecule has 2 aromatic rings. The molecule has 7 nitrogen and oxygen atoms in total. The van der Waals surface area contributed by atoms with Crippen molar-refractivity contribution in [3.05, 3.63) is 23.3 Å². The van der Waals surface area contributed by atoms with Crippen molar-refractivity contribution in [2.75, 3.05) is 4.72 Å². The van der Waals surface area contributed by atoms with E-state index >= 15 is 0 Å². The Balaban J connectivity index is 2.42. The van der Waals surface area contributed by atoms with Gasteiger partial charge in [-0.1, -0.05) is 6.92 Å². The Labute approximate surface area is 112 Å². The Kier molecular flexibility index (Phi) is 3.36. The number of nitrogens with one attached hydrogen (secondary N) is 2. The van der Waals surface area contributed by atoms with E-state index in [0.29, 0.717) is 29.2 Å². The zero-order valence-electron chi connectivity index (χ0n) is 11.4. The summed E-state index contributed by atoms with van der Waals surface area (Å²) in [6.45, 7) is 5.26. The molecule has 0 unspecified atom stereocenters. The highest BCUT2D eigenvalue weighted by Crippen LogP contribution is 2.22. The summed E-state index contributed by atoms with van der Waals surface area (Å²) >= 11 is 0. The second-order valence-electron chi connectivity index (χ2n) is 4.39. The topological polar surface area (TPSA) is 92.7 Å². The molecule has 0 saturated heterocycles. The lowest BCUT2D eigenvalue weighted by Crippen LogP contribution is -2.15. The molecule has 2 aromatic heterocycles. The molecule has 0 atom stereocenters. The molecule has 19 heavy (non-hydrogen) atoms. The number of hydrogen-bond donors (Lipinski definition) is 2. The SMILES string of the molecule is CCc1nn(C)cc1NS(=O)(=O)c1c(C)n[nH]c1C. The molecular weight excluding hydrogens is 266 g/mol. The van der Waals surface area contributed by atoms with Crippen LogP contribution in [0, 0.1) is 13.8 Å². The Bertz CT molecular complexity index is 679. The maximum absolute atomic E-state index is 12.4. The van der Waals surface area contributed by atoms with Crippen molar-refractivity contribution in [1.82, 2.24) is 20.0 Å². The minimum Gasteiger partial charge on any atom is -0.281 e. The third-order valence-corrected chi connectivity index (χ3v) is 4.44. The summed E-state index contributed by atoms with van der Waals surface area (Å²) < 4.78 is 28.9. The molecule has 0 amide bonds. The molecule has 0 spiro atoms. The summed E-state index contributed by atoms with van der Waals surface area (Å²) in [6.07, 6.45) is 2.31. The summed E-state index contributed by atoms with van der Waals surface area (Å²) in [4.78, 5) is 0.193. The van der Waals surface area contributed by atoms with E-state index < -0.39 is 10.0 Å². The average Bonchev–Trinajstić information content (AvgIpc) is 2.81. The number of sulfonamides is 1. The zero-order valence-corrected chi connectivity index (χ0v) is 12.2. The van der Waals surface area contributed by atoms with Crippen molar-refractivity contribution >= 4 is 15.7 Å². The van der Waals surface area contributed by atoms with Crippen LogP contribution in [0.1, 0.15) is 24.0 Å². The van der Waals surface area contributed by atoms with Crippen molar-refractivity contribution in [2.24, 2.45) is 7.05 Å². The Morgan fingerprint density at radius 2 is 2.11 bits per heavy atom. The van der Waals surface area contributed by atoms with Crippen LogP contribution in [-0.2, 0) is 23.5 Å². The highest BCUT2D eigenvalue weighted by Gasteiger charge is 2.23. The summed E-state index contributed by atoms with van der Waals surface area (Å²) in [5, 5.41) is 10.8. The lowest BCUT2D eigenvalue weighted by molar-refractivity contribution is 0.600.